The van der Waals surface area contributed by atoms with Gasteiger partial charge in [-0.3, -0.25) is 4.79 Å². The molecular weight excluding hydrogens is 258 g/mol. The first-order chi connectivity index (χ1) is 9.49. The third kappa shape index (κ3) is 6.20. The number of aliphatic hydroxyl groups excluding tert-OH is 1. The number of nitrogens with one attached hydrogen (secondary N) is 1. The van der Waals surface area contributed by atoms with Crippen LogP contribution in [0.1, 0.15) is 52.4 Å². The van der Waals surface area contributed by atoms with Gasteiger partial charge >= 0.3 is 5.97 Å². The number of ether oxygens (including phenoxy) is 1. The molecule has 0 spiro atoms. The number of rotatable bonds is 8. The Kier molecular flexibility index (Phi) is 7.48. The van der Waals surface area contributed by atoms with Crippen LogP contribution < -0.4 is 5.32 Å². The van der Waals surface area contributed by atoms with Gasteiger partial charge in [0.1, 0.15) is 0 Å². The number of hydrogen-bond donors (Lipinski definition) is 3. The van der Waals surface area contributed by atoms with Crippen molar-refractivity contribution in [2.45, 2.75) is 64.1 Å². The minimum absolute atomic E-state index is 0.00280. The maximum atomic E-state index is 11.2. The smallest absolute Gasteiger partial charge is 0.308 e. The molecule has 1 aliphatic carbocycles. The van der Waals surface area contributed by atoms with E-state index in [0.717, 1.165) is 31.6 Å². The summed E-state index contributed by atoms with van der Waals surface area (Å²) in [5, 5.41) is 23.2. The van der Waals surface area contributed by atoms with Crippen LogP contribution in [0, 0.1) is 5.92 Å². The minimum atomic E-state index is -0.760. The van der Waals surface area contributed by atoms with E-state index >= 15 is 0 Å². The number of hydrogen-bond acceptors (Lipinski definition) is 5. The van der Waals surface area contributed by atoms with E-state index in [1.807, 2.05) is 0 Å². The molecule has 1 aliphatic rings. The highest BCUT2D eigenvalue weighted by atomic mass is 16.5. The van der Waals surface area contributed by atoms with Crippen molar-refractivity contribution < 1.29 is 19.7 Å². The fourth-order valence-electron chi connectivity index (χ4n) is 2.76. The van der Waals surface area contributed by atoms with Gasteiger partial charge in [-0.15, -0.1) is 0 Å². The van der Waals surface area contributed by atoms with Gasteiger partial charge in [0.2, 0.25) is 0 Å². The quantitative estimate of drug-likeness (QED) is 0.585. The molecule has 5 heteroatoms. The predicted octanol–water partition coefficient (Wildman–Crippen LogP) is 1.22. The molecule has 5 nitrogen and oxygen atoms in total. The van der Waals surface area contributed by atoms with Crippen LogP contribution in [0.4, 0.5) is 0 Å². The van der Waals surface area contributed by atoms with Gasteiger partial charge in [-0.2, -0.15) is 0 Å². The second-order valence-electron chi connectivity index (χ2n) is 5.87. The monoisotopic (exact) mass is 287 g/mol. The zero-order valence-corrected chi connectivity index (χ0v) is 12.7. The molecule has 0 amide bonds. The average molecular weight is 287 g/mol. The molecule has 20 heavy (non-hydrogen) atoms. The molecule has 1 rings (SSSR count). The summed E-state index contributed by atoms with van der Waals surface area (Å²) < 4.78 is 4.78. The van der Waals surface area contributed by atoms with Gasteiger partial charge in [0.15, 0.2) is 0 Å². The van der Waals surface area contributed by atoms with Crippen LogP contribution in [0.25, 0.3) is 0 Å². The Morgan fingerprint density at radius 3 is 2.60 bits per heavy atom. The van der Waals surface area contributed by atoms with Crippen molar-refractivity contribution in [2.24, 2.45) is 5.92 Å². The zero-order valence-electron chi connectivity index (χ0n) is 12.7. The summed E-state index contributed by atoms with van der Waals surface area (Å²) in [7, 11) is 0. The molecule has 1 saturated carbocycles. The van der Waals surface area contributed by atoms with E-state index in [0.29, 0.717) is 19.7 Å². The SMILES string of the molecule is CCOC(=O)CC(O)CNCC1(O)CCC(CC)CC1. The number of esters is 1. The first-order valence-electron chi connectivity index (χ1n) is 7.76. The molecule has 0 aromatic rings. The molecule has 0 aromatic carbocycles. The molecule has 0 bridgehead atoms. The van der Waals surface area contributed by atoms with Gasteiger partial charge < -0.3 is 20.3 Å². The molecule has 1 fully saturated rings. The second-order valence-corrected chi connectivity index (χ2v) is 5.87. The lowest BCUT2D eigenvalue weighted by Gasteiger charge is -2.36. The molecule has 0 aromatic heterocycles. The number of carbonyl (C=O) groups excluding carboxylic acids is 1. The topological polar surface area (TPSA) is 78.8 Å². The van der Waals surface area contributed by atoms with Crippen molar-refractivity contribution in [3.05, 3.63) is 0 Å². The van der Waals surface area contributed by atoms with Gasteiger partial charge in [-0.05, 0) is 38.5 Å². The van der Waals surface area contributed by atoms with Crippen molar-refractivity contribution >= 4 is 5.97 Å². The summed E-state index contributed by atoms with van der Waals surface area (Å²) in [6.45, 7) is 5.04. The average Bonchev–Trinajstić information content (AvgIpc) is 2.39. The molecule has 1 atom stereocenters. The first kappa shape index (κ1) is 17.4. The maximum Gasteiger partial charge on any atom is 0.308 e. The first-order valence-corrected chi connectivity index (χ1v) is 7.76. The molecule has 0 aliphatic heterocycles. The van der Waals surface area contributed by atoms with E-state index in [1.54, 1.807) is 6.92 Å². The van der Waals surface area contributed by atoms with Gasteiger partial charge in [-0.1, -0.05) is 13.3 Å². The summed E-state index contributed by atoms with van der Waals surface area (Å²) in [4.78, 5) is 11.2. The Morgan fingerprint density at radius 2 is 2.05 bits per heavy atom. The predicted molar refractivity (Wildman–Crippen MR) is 77.3 cm³/mol. The molecular formula is C15H29NO4. The molecule has 1 unspecified atom stereocenters. The molecule has 118 valence electrons. The molecule has 0 heterocycles. The molecule has 0 radical (unpaired) electrons. The third-order valence-corrected chi connectivity index (χ3v) is 4.15. The van der Waals surface area contributed by atoms with Crippen molar-refractivity contribution in [3.63, 3.8) is 0 Å². The van der Waals surface area contributed by atoms with E-state index < -0.39 is 11.7 Å². The van der Waals surface area contributed by atoms with Crippen LogP contribution in [-0.4, -0.2) is 47.6 Å². The van der Waals surface area contributed by atoms with Crippen LogP contribution in [0.2, 0.25) is 0 Å². The van der Waals surface area contributed by atoms with E-state index in [2.05, 4.69) is 12.2 Å². The van der Waals surface area contributed by atoms with Crippen molar-refractivity contribution in [2.75, 3.05) is 19.7 Å². The van der Waals surface area contributed by atoms with Gasteiger partial charge in [0, 0.05) is 13.1 Å². The lowest BCUT2D eigenvalue weighted by Crippen LogP contribution is -2.45. The Balaban J connectivity index is 2.18. The van der Waals surface area contributed by atoms with Crippen LogP contribution in [0.3, 0.4) is 0 Å². The summed E-state index contributed by atoms with van der Waals surface area (Å²) in [6.07, 6.45) is 4.18. The Hall–Kier alpha value is -0.650. The summed E-state index contributed by atoms with van der Waals surface area (Å²) in [5.74, 6) is 0.355. The number of aliphatic hydroxyl groups is 2. The fraction of sp³-hybridized carbons (Fsp3) is 0.933. The highest BCUT2D eigenvalue weighted by molar-refractivity contribution is 5.69. The maximum absolute atomic E-state index is 11.2. The Bertz CT molecular complexity index is 288. The Labute approximate surface area is 121 Å². The van der Waals surface area contributed by atoms with Gasteiger partial charge in [-0.25, -0.2) is 0 Å². The standard InChI is InChI=1S/C15H29NO4/c1-3-12-5-7-15(19,8-6-12)11-16-10-13(17)9-14(18)20-4-2/h12-13,16-17,19H,3-11H2,1-2H3. The van der Waals surface area contributed by atoms with E-state index in [1.165, 1.54) is 6.42 Å². The van der Waals surface area contributed by atoms with E-state index in [9.17, 15) is 15.0 Å². The lowest BCUT2D eigenvalue weighted by atomic mass is 9.78. The van der Waals surface area contributed by atoms with E-state index in [-0.39, 0.29) is 12.4 Å². The van der Waals surface area contributed by atoms with Crippen molar-refractivity contribution in [1.29, 1.82) is 0 Å². The molecule has 0 saturated heterocycles. The summed E-state index contributed by atoms with van der Waals surface area (Å²) in [6, 6.07) is 0. The normalized spacial score (nSPS) is 28.1. The Morgan fingerprint density at radius 1 is 1.40 bits per heavy atom. The van der Waals surface area contributed by atoms with Crippen LogP contribution in [0.5, 0.6) is 0 Å². The number of carbonyl (C=O) groups is 1. The van der Waals surface area contributed by atoms with Gasteiger partial charge in [0.05, 0.1) is 24.7 Å². The largest absolute Gasteiger partial charge is 0.466 e. The van der Waals surface area contributed by atoms with Crippen LogP contribution in [-0.2, 0) is 9.53 Å². The van der Waals surface area contributed by atoms with Crippen molar-refractivity contribution in [3.8, 4) is 0 Å². The fourth-order valence-corrected chi connectivity index (χ4v) is 2.76. The highest BCUT2D eigenvalue weighted by Gasteiger charge is 2.32. The highest BCUT2D eigenvalue weighted by Crippen LogP contribution is 2.33. The van der Waals surface area contributed by atoms with E-state index in [4.69, 9.17) is 4.74 Å². The third-order valence-electron chi connectivity index (χ3n) is 4.15. The zero-order chi connectivity index (χ0) is 15.0. The van der Waals surface area contributed by atoms with Crippen molar-refractivity contribution in [1.82, 2.24) is 5.32 Å². The molecule has 3 N–H and O–H groups in total. The summed E-state index contributed by atoms with van der Waals surface area (Å²) >= 11 is 0. The van der Waals surface area contributed by atoms with Crippen LogP contribution in [0.15, 0.2) is 0 Å². The van der Waals surface area contributed by atoms with Gasteiger partial charge in [0.25, 0.3) is 0 Å². The summed E-state index contributed by atoms with van der Waals surface area (Å²) in [5.41, 5.74) is -0.657. The van der Waals surface area contributed by atoms with Crippen LogP contribution >= 0.6 is 0 Å². The lowest BCUT2D eigenvalue weighted by molar-refractivity contribution is -0.145. The minimum Gasteiger partial charge on any atom is -0.466 e. The second kappa shape index (κ2) is 8.60.